The minimum absolute atomic E-state index is 0.130. The minimum atomic E-state index is -0.203. The van der Waals surface area contributed by atoms with Crippen LogP contribution in [0.25, 0.3) is 11.3 Å². The molecule has 3 aromatic heterocycles. The summed E-state index contributed by atoms with van der Waals surface area (Å²) in [6.45, 7) is 1.96. The molecule has 0 radical (unpaired) electrons. The second kappa shape index (κ2) is 8.64. The van der Waals surface area contributed by atoms with Crippen LogP contribution in [0, 0.1) is 6.92 Å². The van der Waals surface area contributed by atoms with Gasteiger partial charge in [-0.1, -0.05) is 12.1 Å². The molecule has 0 aliphatic rings. The van der Waals surface area contributed by atoms with Crippen LogP contribution < -0.4 is 10.6 Å². The van der Waals surface area contributed by atoms with Gasteiger partial charge in [0.15, 0.2) is 5.13 Å². The summed E-state index contributed by atoms with van der Waals surface area (Å²) in [5.41, 5.74) is 3.77. The summed E-state index contributed by atoms with van der Waals surface area (Å²) in [6.07, 6.45) is 0.130. The molecule has 0 aliphatic heterocycles. The largest absolute Gasteiger partial charge is 0.326 e. The zero-order chi connectivity index (χ0) is 20.2. The number of anilines is 2. The van der Waals surface area contributed by atoms with Crippen molar-refractivity contribution in [2.75, 3.05) is 10.6 Å². The van der Waals surface area contributed by atoms with Gasteiger partial charge in [0.2, 0.25) is 5.91 Å². The van der Waals surface area contributed by atoms with Gasteiger partial charge in [-0.05, 0) is 30.5 Å². The fourth-order valence-corrected chi connectivity index (χ4v) is 4.59. The third-order valence-electron chi connectivity index (χ3n) is 3.96. The first-order valence-corrected chi connectivity index (χ1v) is 11.4. The molecule has 0 saturated carbocycles. The molecule has 146 valence electrons. The molecule has 0 aliphatic carbocycles. The number of hydrogen-bond donors (Lipinski definition) is 2. The monoisotopic (exact) mass is 440 g/mol. The van der Waals surface area contributed by atoms with Gasteiger partial charge >= 0.3 is 0 Å². The third-order valence-corrected chi connectivity index (χ3v) is 6.22. The number of carbonyl (C=O) groups is 2. The molecular formula is C20H16N4O2S3. The Labute approximate surface area is 179 Å². The molecule has 0 atom stereocenters. The van der Waals surface area contributed by atoms with Crippen molar-refractivity contribution in [3.05, 3.63) is 68.1 Å². The Bertz CT molecular complexity index is 1150. The molecule has 9 heteroatoms. The zero-order valence-corrected chi connectivity index (χ0v) is 17.8. The number of aryl methyl sites for hydroxylation is 1. The molecule has 4 rings (SSSR count). The quantitative estimate of drug-likeness (QED) is 0.438. The first-order valence-electron chi connectivity index (χ1n) is 8.67. The molecule has 2 N–H and O–H groups in total. The lowest BCUT2D eigenvalue weighted by atomic mass is 10.1. The van der Waals surface area contributed by atoms with E-state index in [1.165, 1.54) is 22.7 Å². The van der Waals surface area contributed by atoms with E-state index in [1.54, 1.807) is 28.2 Å². The average Bonchev–Trinajstić information content (AvgIpc) is 3.44. The van der Waals surface area contributed by atoms with Gasteiger partial charge in [-0.3, -0.25) is 14.9 Å². The summed E-state index contributed by atoms with van der Waals surface area (Å²) in [6, 6.07) is 9.35. The SMILES string of the molecule is Cc1nc(-c2cccc(NC(=O)Cc3csc(NC(=O)c4ccsc4)n3)c2)cs1. The number of aromatic nitrogens is 2. The maximum Gasteiger partial charge on any atom is 0.258 e. The summed E-state index contributed by atoms with van der Waals surface area (Å²) < 4.78 is 0. The van der Waals surface area contributed by atoms with Gasteiger partial charge in [-0.25, -0.2) is 9.97 Å². The Hall–Kier alpha value is -2.88. The minimum Gasteiger partial charge on any atom is -0.326 e. The number of thiazole rings is 2. The molecule has 0 saturated heterocycles. The van der Waals surface area contributed by atoms with E-state index in [-0.39, 0.29) is 18.2 Å². The first-order chi connectivity index (χ1) is 14.1. The van der Waals surface area contributed by atoms with Crippen molar-refractivity contribution in [2.24, 2.45) is 0 Å². The molecule has 0 fully saturated rings. The van der Waals surface area contributed by atoms with E-state index in [0.29, 0.717) is 22.1 Å². The van der Waals surface area contributed by atoms with Crippen molar-refractivity contribution in [3.8, 4) is 11.3 Å². The number of carbonyl (C=O) groups excluding carboxylic acids is 2. The van der Waals surface area contributed by atoms with E-state index in [4.69, 9.17) is 0 Å². The molecule has 29 heavy (non-hydrogen) atoms. The molecule has 0 spiro atoms. The van der Waals surface area contributed by atoms with Crippen molar-refractivity contribution in [1.29, 1.82) is 0 Å². The number of amides is 2. The molecule has 2 amide bonds. The molecule has 4 aromatic rings. The van der Waals surface area contributed by atoms with Crippen LogP contribution in [0.15, 0.2) is 51.9 Å². The fourth-order valence-electron chi connectivity index (χ4n) is 2.63. The maximum absolute atomic E-state index is 12.4. The van der Waals surface area contributed by atoms with Crippen molar-refractivity contribution >= 4 is 56.6 Å². The van der Waals surface area contributed by atoms with Gasteiger partial charge < -0.3 is 5.32 Å². The van der Waals surface area contributed by atoms with Crippen LogP contribution in [0.1, 0.15) is 21.1 Å². The Morgan fingerprint density at radius 1 is 1.03 bits per heavy atom. The number of nitrogens with zero attached hydrogens (tertiary/aromatic N) is 2. The second-order valence-electron chi connectivity index (χ2n) is 6.17. The van der Waals surface area contributed by atoms with E-state index in [1.807, 2.05) is 41.9 Å². The van der Waals surface area contributed by atoms with E-state index in [0.717, 1.165) is 16.3 Å². The lowest BCUT2D eigenvalue weighted by Crippen LogP contribution is -2.15. The lowest BCUT2D eigenvalue weighted by molar-refractivity contribution is -0.115. The number of rotatable bonds is 6. The van der Waals surface area contributed by atoms with Gasteiger partial charge in [-0.2, -0.15) is 11.3 Å². The first kappa shape index (κ1) is 19.4. The van der Waals surface area contributed by atoms with E-state index in [9.17, 15) is 9.59 Å². The second-order valence-corrected chi connectivity index (χ2v) is 8.87. The standard InChI is InChI=1S/C20H16N4O2S3/c1-12-21-17(11-28-12)13-3-2-4-15(7-13)22-18(25)8-16-10-29-20(23-16)24-19(26)14-5-6-27-9-14/h2-7,9-11H,8H2,1H3,(H,22,25)(H,23,24,26). The smallest absolute Gasteiger partial charge is 0.258 e. The molecule has 3 heterocycles. The van der Waals surface area contributed by atoms with E-state index < -0.39 is 0 Å². The van der Waals surface area contributed by atoms with Gasteiger partial charge in [0, 0.05) is 27.4 Å². The highest BCUT2D eigenvalue weighted by molar-refractivity contribution is 7.14. The average molecular weight is 441 g/mol. The summed E-state index contributed by atoms with van der Waals surface area (Å²) in [4.78, 5) is 33.3. The van der Waals surface area contributed by atoms with Crippen LogP contribution >= 0.6 is 34.0 Å². The fraction of sp³-hybridized carbons (Fsp3) is 0.100. The van der Waals surface area contributed by atoms with Crippen LogP contribution in [0.3, 0.4) is 0 Å². The predicted molar refractivity (Wildman–Crippen MR) is 119 cm³/mol. The van der Waals surface area contributed by atoms with Gasteiger partial charge in [0.25, 0.3) is 5.91 Å². The maximum atomic E-state index is 12.4. The highest BCUT2D eigenvalue weighted by atomic mass is 32.1. The summed E-state index contributed by atoms with van der Waals surface area (Å²) >= 11 is 4.35. The molecule has 6 nitrogen and oxygen atoms in total. The number of benzene rings is 1. The van der Waals surface area contributed by atoms with Crippen molar-refractivity contribution in [1.82, 2.24) is 9.97 Å². The van der Waals surface area contributed by atoms with Crippen LogP contribution in [-0.4, -0.2) is 21.8 Å². The van der Waals surface area contributed by atoms with E-state index in [2.05, 4.69) is 20.6 Å². The van der Waals surface area contributed by atoms with Crippen LogP contribution in [0.2, 0.25) is 0 Å². The third kappa shape index (κ3) is 4.94. The highest BCUT2D eigenvalue weighted by Gasteiger charge is 2.12. The van der Waals surface area contributed by atoms with Crippen molar-refractivity contribution in [2.45, 2.75) is 13.3 Å². The topological polar surface area (TPSA) is 84.0 Å². The summed E-state index contributed by atoms with van der Waals surface area (Å²) in [5.74, 6) is -0.372. The van der Waals surface area contributed by atoms with Crippen LogP contribution in [0.4, 0.5) is 10.8 Å². The number of hydrogen-bond acceptors (Lipinski definition) is 7. The number of nitrogens with one attached hydrogen (secondary N) is 2. The Kier molecular flexibility index (Phi) is 5.79. The van der Waals surface area contributed by atoms with Crippen molar-refractivity contribution < 1.29 is 9.59 Å². The van der Waals surface area contributed by atoms with Crippen molar-refractivity contribution in [3.63, 3.8) is 0 Å². The number of thiophene rings is 1. The molecule has 1 aromatic carbocycles. The van der Waals surface area contributed by atoms with Gasteiger partial charge in [-0.15, -0.1) is 22.7 Å². The Morgan fingerprint density at radius 3 is 2.69 bits per heavy atom. The normalized spacial score (nSPS) is 10.7. The highest BCUT2D eigenvalue weighted by Crippen LogP contribution is 2.24. The molecule has 0 unspecified atom stereocenters. The summed E-state index contributed by atoms with van der Waals surface area (Å²) in [7, 11) is 0. The molecule has 0 bridgehead atoms. The van der Waals surface area contributed by atoms with E-state index >= 15 is 0 Å². The summed E-state index contributed by atoms with van der Waals surface area (Å²) in [5, 5.41) is 14.5. The van der Waals surface area contributed by atoms with Gasteiger partial charge in [0.05, 0.1) is 28.4 Å². The Balaban J connectivity index is 1.37. The van der Waals surface area contributed by atoms with Crippen LogP contribution in [-0.2, 0) is 11.2 Å². The van der Waals surface area contributed by atoms with Gasteiger partial charge in [0.1, 0.15) is 0 Å². The lowest BCUT2D eigenvalue weighted by Gasteiger charge is -2.06. The van der Waals surface area contributed by atoms with Crippen LogP contribution in [0.5, 0.6) is 0 Å². The Morgan fingerprint density at radius 2 is 1.93 bits per heavy atom. The predicted octanol–water partition coefficient (Wildman–Crippen LogP) is 5.07. The zero-order valence-electron chi connectivity index (χ0n) is 15.3. The molecular weight excluding hydrogens is 424 g/mol.